The first kappa shape index (κ1) is 29.3. The van der Waals surface area contributed by atoms with Gasteiger partial charge in [0.15, 0.2) is 0 Å². The number of halogens is 2. The van der Waals surface area contributed by atoms with Crippen molar-refractivity contribution in [3.05, 3.63) is 35.4 Å². The van der Waals surface area contributed by atoms with Gasteiger partial charge in [0.05, 0.1) is 12.6 Å². The molecular weight excluding hydrogens is 417 g/mol. The molecule has 8 nitrogen and oxygen atoms in total. The Morgan fingerprint density at radius 1 is 1.07 bits per heavy atom. The molecular formula is C19H33Cl2N5O3. The maximum Gasteiger partial charge on any atom is 0.251 e. The van der Waals surface area contributed by atoms with Crippen LogP contribution in [0.5, 0.6) is 0 Å². The van der Waals surface area contributed by atoms with Crippen LogP contribution in [0.25, 0.3) is 0 Å². The third kappa shape index (κ3) is 11.7. The molecule has 3 amide bonds. The molecule has 0 saturated carbocycles. The van der Waals surface area contributed by atoms with Gasteiger partial charge in [-0.2, -0.15) is 0 Å². The number of benzene rings is 1. The number of carbonyl (C=O) groups is 3. The molecule has 0 heterocycles. The molecule has 0 bridgehead atoms. The van der Waals surface area contributed by atoms with E-state index in [9.17, 15) is 14.4 Å². The summed E-state index contributed by atoms with van der Waals surface area (Å²) < 4.78 is 0. The van der Waals surface area contributed by atoms with Crippen LogP contribution in [-0.4, -0.2) is 62.4 Å². The minimum absolute atomic E-state index is 0. The topological polar surface area (TPSA) is 117 Å². The van der Waals surface area contributed by atoms with Crippen LogP contribution >= 0.6 is 24.8 Å². The van der Waals surface area contributed by atoms with E-state index < -0.39 is 6.04 Å². The van der Waals surface area contributed by atoms with E-state index in [1.807, 2.05) is 38.9 Å². The summed E-state index contributed by atoms with van der Waals surface area (Å²) >= 11 is 0. The molecule has 0 spiro atoms. The Balaban J connectivity index is 0. The van der Waals surface area contributed by atoms with Crippen molar-refractivity contribution in [3.63, 3.8) is 0 Å². The highest BCUT2D eigenvalue weighted by molar-refractivity contribution is 5.94. The highest BCUT2D eigenvalue weighted by atomic mass is 35.5. The van der Waals surface area contributed by atoms with Crippen molar-refractivity contribution >= 4 is 42.5 Å². The van der Waals surface area contributed by atoms with E-state index in [0.717, 1.165) is 12.1 Å². The zero-order valence-electron chi connectivity index (χ0n) is 17.4. The number of hydrogen-bond donors (Lipinski definition) is 4. The van der Waals surface area contributed by atoms with Gasteiger partial charge in [0.1, 0.15) is 0 Å². The maximum atomic E-state index is 12.1. The van der Waals surface area contributed by atoms with Gasteiger partial charge in [-0.05, 0) is 37.7 Å². The first-order valence-corrected chi connectivity index (χ1v) is 9.02. The van der Waals surface area contributed by atoms with Crippen LogP contribution in [-0.2, 0) is 16.1 Å². The predicted molar refractivity (Wildman–Crippen MR) is 119 cm³/mol. The van der Waals surface area contributed by atoms with Crippen molar-refractivity contribution in [1.82, 2.24) is 20.9 Å². The van der Waals surface area contributed by atoms with Crippen molar-refractivity contribution < 1.29 is 14.4 Å². The van der Waals surface area contributed by atoms with Crippen LogP contribution in [0.4, 0.5) is 0 Å². The zero-order chi connectivity index (χ0) is 20.4. The average Bonchev–Trinajstić information content (AvgIpc) is 2.63. The molecule has 1 atom stereocenters. The van der Waals surface area contributed by atoms with Gasteiger partial charge in [-0.25, -0.2) is 0 Å². The van der Waals surface area contributed by atoms with E-state index in [0.29, 0.717) is 12.1 Å². The number of amides is 3. The van der Waals surface area contributed by atoms with Gasteiger partial charge in [-0.1, -0.05) is 26.0 Å². The van der Waals surface area contributed by atoms with E-state index in [1.165, 1.54) is 0 Å². The lowest BCUT2D eigenvalue weighted by molar-refractivity contribution is -0.127. The van der Waals surface area contributed by atoms with Crippen molar-refractivity contribution in [1.29, 1.82) is 0 Å². The van der Waals surface area contributed by atoms with E-state index >= 15 is 0 Å². The monoisotopic (exact) mass is 449 g/mol. The number of nitrogens with two attached hydrogens (primary N) is 1. The fraction of sp³-hybridized carbons (Fsp3) is 0.526. The summed E-state index contributed by atoms with van der Waals surface area (Å²) in [6, 6.07) is 6.42. The fourth-order valence-corrected chi connectivity index (χ4v) is 2.17. The van der Waals surface area contributed by atoms with Gasteiger partial charge in [0, 0.05) is 25.2 Å². The lowest BCUT2D eigenvalue weighted by Gasteiger charge is -2.15. The van der Waals surface area contributed by atoms with E-state index in [1.54, 1.807) is 18.2 Å². The van der Waals surface area contributed by atoms with Crippen LogP contribution in [0.2, 0.25) is 0 Å². The van der Waals surface area contributed by atoms with Crippen molar-refractivity contribution in [3.8, 4) is 0 Å². The minimum atomic E-state index is -0.638. The van der Waals surface area contributed by atoms with Gasteiger partial charge in [-0.3, -0.25) is 14.4 Å². The molecule has 0 aliphatic carbocycles. The standard InChI is InChI=1S/C19H31N5O3.2ClH/c1-13(2)17(20)19(27)23-12-16(25)22-11-14-6-5-7-15(10-14)18(26)21-8-9-24(3)4;;/h5-7,10,13,17H,8-9,11-12,20H2,1-4H3,(H,21,26)(H,22,25)(H,23,27);2*1H/t17-;;/m0../s1. The Morgan fingerprint density at radius 3 is 2.31 bits per heavy atom. The minimum Gasteiger partial charge on any atom is -0.351 e. The van der Waals surface area contributed by atoms with Gasteiger partial charge in [0.25, 0.3) is 5.91 Å². The highest BCUT2D eigenvalue weighted by Gasteiger charge is 2.17. The second-order valence-electron chi connectivity index (χ2n) is 7.02. The molecule has 1 aromatic rings. The second kappa shape index (κ2) is 15.0. The molecule has 5 N–H and O–H groups in total. The summed E-state index contributed by atoms with van der Waals surface area (Å²) in [7, 11) is 3.88. The van der Waals surface area contributed by atoms with Gasteiger partial charge in [0.2, 0.25) is 11.8 Å². The molecule has 0 aliphatic rings. The third-order valence-corrected chi connectivity index (χ3v) is 3.97. The lowest BCUT2D eigenvalue weighted by atomic mass is 10.1. The summed E-state index contributed by atoms with van der Waals surface area (Å²) in [5.41, 5.74) is 7.06. The smallest absolute Gasteiger partial charge is 0.251 e. The Kier molecular flexibility index (Phi) is 15.2. The molecule has 1 aromatic carbocycles. The van der Waals surface area contributed by atoms with Gasteiger partial charge < -0.3 is 26.6 Å². The summed E-state index contributed by atoms with van der Waals surface area (Å²) in [5.74, 6) is -0.823. The first-order chi connectivity index (χ1) is 12.7. The van der Waals surface area contributed by atoms with Crippen LogP contribution in [0.1, 0.15) is 29.8 Å². The van der Waals surface area contributed by atoms with E-state index in [2.05, 4.69) is 16.0 Å². The second-order valence-corrected chi connectivity index (χ2v) is 7.02. The maximum absolute atomic E-state index is 12.1. The molecule has 0 fully saturated rings. The average molecular weight is 450 g/mol. The first-order valence-electron chi connectivity index (χ1n) is 9.02. The lowest BCUT2D eigenvalue weighted by Crippen LogP contribution is -2.47. The van der Waals surface area contributed by atoms with E-state index in [-0.39, 0.29) is 61.5 Å². The number of nitrogens with one attached hydrogen (secondary N) is 3. The van der Waals surface area contributed by atoms with Crippen LogP contribution in [0, 0.1) is 5.92 Å². The molecule has 0 aliphatic heterocycles. The van der Waals surface area contributed by atoms with Gasteiger partial charge in [-0.15, -0.1) is 24.8 Å². The van der Waals surface area contributed by atoms with Crippen LogP contribution in [0.15, 0.2) is 24.3 Å². The largest absolute Gasteiger partial charge is 0.351 e. The quantitative estimate of drug-likeness (QED) is 0.415. The summed E-state index contributed by atoms with van der Waals surface area (Å²) in [4.78, 5) is 37.8. The molecule has 0 unspecified atom stereocenters. The molecule has 29 heavy (non-hydrogen) atoms. The molecule has 166 valence electrons. The van der Waals surface area contributed by atoms with Gasteiger partial charge >= 0.3 is 0 Å². The van der Waals surface area contributed by atoms with E-state index in [4.69, 9.17) is 5.73 Å². The third-order valence-electron chi connectivity index (χ3n) is 3.97. The molecule has 10 heteroatoms. The number of rotatable bonds is 10. The molecule has 0 aromatic heterocycles. The summed E-state index contributed by atoms with van der Waals surface area (Å²) in [6.07, 6.45) is 0. The van der Waals surface area contributed by atoms with Crippen molar-refractivity contribution in [2.24, 2.45) is 11.7 Å². The zero-order valence-corrected chi connectivity index (χ0v) is 19.0. The highest BCUT2D eigenvalue weighted by Crippen LogP contribution is 2.05. The van der Waals surface area contributed by atoms with Crippen molar-refractivity contribution in [2.45, 2.75) is 26.4 Å². The number of nitrogens with zero attached hydrogens (tertiary/aromatic N) is 1. The summed E-state index contributed by atoms with van der Waals surface area (Å²) in [6.45, 7) is 5.13. The Bertz CT molecular complexity index is 656. The number of carbonyl (C=O) groups excluding carboxylic acids is 3. The molecule has 0 saturated heterocycles. The Morgan fingerprint density at radius 2 is 1.72 bits per heavy atom. The predicted octanol–water partition coefficient (Wildman–Crippen LogP) is 0.537. The SMILES string of the molecule is CC(C)[C@H](N)C(=O)NCC(=O)NCc1cccc(C(=O)NCCN(C)C)c1.Cl.Cl. The normalized spacial score (nSPS) is 11.1. The van der Waals surface area contributed by atoms with Crippen LogP contribution in [0.3, 0.4) is 0 Å². The Labute approximate surface area is 185 Å². The van der Waals surface area contributed by atoms with Crippen molar-refractivity contribution in [2.75, 3.05) is 33.7 Å². The number of hydrogen-bond acceptors (Lipinski definition) is 5. The Hall–Kier alpha value is -1.87. The summed E-state index contributed by atoms with van der Waals surface area (Å²) in [5, 5.41) is 8.08. The molecule has 1 rings (SSSR count). The molecule has 0 radical (unpaired) electrons. The van der Waals surface area contributed by atoms with Crippen LogP contribution < -0.4 is 21.7 Å². The number of likely N-dealkylation sites (N-methyl/N-ethyl adjacent to an activating group) is 1. The fourth-order valence-electron chi connectivity index (χ4n) is 2.17.